The van der Waals surface area contributed by atoms with Crippen LogP contribution in [-0.2, 0) is 16.1 Å². The highest BCUT2D eigenvalue weighted by molar-refractivity contribution is 5.80. The van der Waals surface area contributed by atoms with Gasteiger partial charge in [-0.05, 0) is 31.6 Å². The Balaban J connectivity index is 1.31. The lowest BCUT2D eigenvalue weighted by Gasteiger charge is -2.35. The smallest absolute Gasteiger partial charge is 0.224 e. The predicted octanol–water partition coefficient (Wildman–Crippen LogP) is 1.21. The van der Waals surface area contributed by atoms with Gasteiger partial charge in [-0.3, -0.25) is 14.3 Å². The molecule has 7 nitrogen and oxygen atoms in total. The van der Waals surface area contributed by atoms with E-state index in [4.69, 9.17) is 0 Å². The number of fused-ring (bicyclic) bond motifs is 1. The topological polar surface area (TPSA) is 80.1 Å². The number of aryl methyl sites for hydroxylation is 1. The van der Waals surface area contributed by atoms with Crippen LogP contribution in [0.4, 0.5) is 0 Å². The number of carbonyl (C=O) groups excluding carboxylic acids is 2. The van der Waals surface area contributed by atoms with E-state index in [0.29, 0.717) is 24.8 Å². The van der Waals surface area contributed by atoms with E-state index in [9.17, 15) is 9.59 Å². The van der Waals surface area contributed by atoms with E-state index < -0.39 is 0 Å². The molecule has 1 aliphatic heterocycles. The Bertz CT molecular complexity index is 613. The van der Waals surface area contributed by atoms with Crippen LogP contribution in [0.3, 0.4) is 0 Å². The molecule has 0 spiro atoms. The number of amides is 2. The first-order valence-electron chi connectivity index (χ1n) is 9.63. The number of nitrogens with zero attached hydrogens (tertiary/aromatic N) is 4. The Morgan fingerprint density at radius 3 is 2.68 bits per heavy atom. The van der Waals surface area contributed by atoms with Gasteiger partial charge in [-0.15, -0.1) is 5.10 Å². The number of hydrogen-bond donors (Lipinski definition) is 1. The average molecular weight is 345 g/mol. The van der Waals surface area contributed by atoms with Gasteiger partial charge in [-0.2, -0.15) is 0 Å². The van der Waals surface area contributed by atoms with Crippen molar-refractivity contribution in [1.82, 2.24) is 25.2 Å². The maximum atomic E-state index is 12.6. The number of hydrogen-bond acceptors (Lipinski definition) is 4. The van der Waals surface area contributed by atoms with Crippen molar-refractivity contribution in [3.63, 3.8) is 0 Å². The summed E-state index contributed by atoms with van der Waals surface area (Å²) < 4.78 is 1.70. The lowest BCUT2D eigenvalue weighted by molar-refractivity contribution is -0.130. The summed E-state index contributed by atoms with van der Waals surface area (Å²) in [6.07, 6.45) is 10.5. The van der Waals surface area contributed by atoms with E-state index in [0.717, 1.165) is 38.8 Å². The van der Waals surface area contributed by atoms with Crippen molar-refractivity contribution in [1.29, 1.82) is 0 Å². The van der Waals surface area contributed by atoms with Crippen molar-refractivity contribution in [3.05, 3.63) is 12.4 Å². The Morgan fingerprint density at radius 2 is 1.96 bits per heavy atom. The van der Waals surface area contributed by atoms with Crippen LogP contribution in [-0.4, -0.2) is 50.8 Å². The molecule has 2 amide bonds. The number of aromatic nitrogens is 3. The van der Waals surface area contributed by atoms with Crippen LogP contribution in [0.1, 0.15) is 44.9 Å². The second-order valence-electron chi connectivity index (χ2n) is 7.81. The van der Waals surface area contributed by atoms with E-state index in [1.165, 1.54) is 12.8 Å². The van der Waals surface area contributed by atoms with Crippen LogP contribution in [0.25, 0.3) is 0 Å². The molecular weight excluding hydrogens is 318 g/mol. The standard InChI is InChI=1S/C18H27N5O2/c24-17(7-9-23-10-8-19-21-23)22-11-14-5-2-6-16(15(14)12-22)20-18(25)13-3-1-4-13/h8,10,13-16H,1-7,9,11-12H2,(H,20,25). The largest absolute Gasteiger partial charge is 0.353 e. The Labute approximate surface area is 148 Å². The van der Waals surface area contributed by atoms with Gasteiger partial charge in [0.25, 0.3) is 0 Å². The van der Waals surface area contributed by atoms with E-state index in [1.807, 2.05) is 4.90 Å². The predicted molar refractivity (Wildman–Crippen MR) is 91.3 cm³/mol. The van der Waals surface area contributed by atoms with Crippen molar-refractivity contribution in [2.24, 2.45) is 17.8 Å². The molecule has 0 aromatic carbocycles. The minimum Gasteiger partial charge on any atom is -0.353 e. The zero-order valence-electron chi connectivity index (χ0n) is 14.6. The third-order valence-corrected chi connectivity index (χ3v) is 6.28. The van der Waals surface area contributed by atoms with Crippen LogP contribution in [0.5, 0.6) is 0 Å². The molecular formula is C18H27N5O2. The fourth-order valence-corrected chi connectivity index (χ4v) is 4.55. The Morgan fingerprint density at radius 1 is 1.12 bits per heavy atom. The van der Waals surface area contributed by atoms with Crippen molar-refractivity contribution in [3.8, 4) is 0 Å². The van der Waals surface area contributed by atoms with Gasteiger partial charge in [0.1, 0.15) is 0 Å². The van der Waals surface area contributed by atoms with Gasteiger partial charge in [0.2, 0.25) is 11.8 Å². The van der Waals surface area contributed by atoms with E-state index >= 15 is 0 Å². The minimum absolute atomic E-state index is 0.189. The summed E-state index contributed by atoms with van der Waals surface area (Å²) in [6, 6.07) is 0.250. The molecule has 0 radical (unpaired) electrons. The molecule has 3 aliphatic rings. The average Bonchev–Trinajstić information content (AvgIpc) is 3.20. The molecule has 25 heavy (non-hydrogen) atoms. The highest BCUT2D eigenvalue weighted by Gasteiger charge is 2.42. The second kappa shape index (κ2) is 7.14. The molecule has 0 bridgehead atoms. The highest BCUT2D eigenvalue weighted by atomic mass is 16.2. The first-order chi connectivity index (χ1) is 12.2. The maximum absolute atomic E-state index is 12.6. The summed E-state index contributed by atoms with van der Waals surface area (Å²) in [5.41, 5.74) is 0. The number of rotatable bonds is 5. The molecule has 136 valence electrons. The maximum Gasteiger partial charge on any atom is 0.224 e. The third-order valence-electron chi connectivity index (χ3n) is 6.28. The van der Waals surface area contributed by atoms with Crippen LogP contribution in [0, 0.1) is 17.8 Å². The Kier molecular flexibility index (Phi) is 4.72. The molecule has 3 unspecified atom stereocenters. The summed E-state index contributed by atoms with van der Waals surface area (Å²) in [6.45, 7) is 2.21. The zero-order chi connectivity index (χ0) is 17.2. The summed E-state index contributed by atoms with van der Waals surface area (Å²) in [5.74, 6) is 1.63. The first-order valence-corrected chi connectivity index (χ1v) is 9.63. The molecule has 2 aliphatic carbocycles. The third kappa shape index (κ3) is 3.55. The van der Waals surface area contributed by atoms with Crippen molar-refractivity contribution < 1.29 is 9.59 Å². The van der Waals surface area contributed by atoms with Gasteiger partial charge in [-0.25, -0.2) is 0 Å². The van der Waals surface area contributed by atoms with Gasteiger partial charge in [0.15, 0.2) is 0 Å². The van der Waals surface area contributed by atoms with E-state index in [1.54, 1.807) is 17.1 Å². The number of nitrogens with one attached hydrogen (secondary N) is 1. The fourth-order valence-electron chi connectivity index (χ4n) is 4.55. The number of likely N-dealkylation sites (tertiary alicyclic amines) is 1. The molecule has 3 fully saturated rings. The summed E-state index contributed by atoms with van der Waals surface area (Å²) in [5, 5.41) is 11.0. The van der Waals surface area contributed by atoms with Crippen LogP contribution in [0.2, 0.25) is 0 Å². The van der Waals surface area contributed by atoms with Crippen molar-refractivity contribution in [2.45, 2.75) is 57.5 Å². The van der Waals surface area contributed by atoms with Crippen molar-refractivity contribution in [2.75, 3.05) is 13.1 Å². The summed E-state index contributed by atoms with van der Waals surface area (Å²) in [7, 11) is 0. The van der Waals surface area contributed by atoms with Crippen molar-refractivity contribution >= 4 is 11.8 Å². The van der Waals surface area contributed by atoms with E-state index in [2.05, 4.69) is 15.6 Å². The van der Waals surface area contributed by atoms with Gasteiger partial charge >= 0.3 is 0 Å². The second-order valence-corrected chi connectivity index (χ2v) is 7.81. The summed E-state index contributed by atoms with van der Waals surface area (Å²) >= 11 is 0. The van der Waals surface area contributed by atoms with Crippen LogP contribution >= 0.6 is 0 Å². The molecule has 4 rings (SSSR count). The van der Waals surface area contributed by atoms with Gasteiger partial charge in [-0.1, -0.05) is 18.1 Å². The molecule has 1 N–H and O–H groups in total. The summed E-state index contributed by atoms with van der Waals surface area (Å²) in [4.78, 5) is 26.9. The first kappa shape index (κ1) is 16.5. The van der Waals surface area contributed by atoms with E-state index in [-0.39, 0.29) is 23.8 Å². The molecule has 2 saturated carbocycles. The molecule has 1 aromatic heterocycles. The highest BCUT2D eigenvalue weighted by Crippen LogP contribution is 2.37. The van der Waals surface area contributed by atoms with Gasteiger partial charge < -0.3 is 10.2 Å². The molecule has 3 atom stereocenters. The normalized spacial score (nSPS) is 29.1. The monoisotopic (exact) mass is 345 g/mol. The lowest BCUT2D eigenvalue weighted by Crippen LogP contribution is -2.48. The zero-order valence-corrected chi connectivity index (χ0v) is 14.6. The minimum atomic E-state index is 0.189. The molecule has 1 aromatic rings. The lowest BCUT2D eigenvalue weighted by atomic mass is 9.77. The quantitative estimate of drug-likeness (QED) is 0.870. The number of carbonyl (C=O) groups is 2. The molecule has 1 saturated heterocycles. The van der Waals surface area contributed by atoms with Crippen LogP contribution in [0.15, 0.2) is 12.4 Å². The SMILES string of the molecule is O=C(NC1CCCC2CN(C(=O)CCn3ccnn3)CC21)C1CCC1. The van der Waals surface area contributed by atoms with Gasteiger partial charge in [0, 0.05) is 43.6 Å². The van der Waals surface area contributed by atoms with Crippen LogP contribution < -0.4 is 5.32 Å². The Hall–Kier alpha value is -1.92. The fraction of sp³-hybridized carbons (Fsp3) is 0.778. The molecule has 2 heterocycles. The van der Waals surface area contributed by atoms with Gasteiger partial charge in [0.05, 0.1) is 12.7 Å². The molecule has 7 heteroatoms.